The molecular weight excluding hydrogens is 120 g/mol. The zero-order chi connectivity index (χ0) is 7.28. The van der Waals surface area contributed by atoms with Crippen molar-refractivity contribution in [1.29, 1.82) is 0 Å². The van der Waals surface area contributed by atoms with Crippen LogP contribution in [-0.2, 0) is 4.74 Å². The van der Waals surface area contributed by atoms with Gasteiger partial charge in [0.15, 0.2) is 0 Å². The van der Waals surface area contributed by atoms with Gasteiger partial charge >= 0.3 is 6.09 Å². The van der Waals surface area contributed by atoms with Gasteiger partial charge in [-0.1, -0.05) is 0 Å². The highest BCUT2D eigenvalue weighted by atomic mass is 16.5. The quantitative estimate of drug-likeness (QED) is 0.570. The number of hydrogen-bond acceptors (Lipinski definition) is 3. The molecule has 0 fully saturated rings. The minimum absolute atomic E-state index is 0.363. The minimum atomic E-state index is -0.711. The first kappa shape index (κ1) is 8.23. The zero-order valence-corrected chi connectivity index (χ0v) is 5.76. The van der Waals surface area contributed by atoms with Gasteiger partial charge in [0.1, 0.15) is 6.61 Å². The van der Waals surface area contributed by atoms with E-state index in [1.807, 2.05) is 19.0 Å². The Balaban J connectivity index is 3.01. The number of rotatable bonds is 3. The number of primary amides is 1. The number of ether oxygens (including phenoxy) is 1. The topological polar surface area (TPSA) is 55.6 Å². The number of nitrogens with zero attached hydrogens (tertiary/aromatic N) is 1. The molecule has 0 aliphatic heterocycles. The number of amides is 1. The van der Waals surface area contributed by atoms with Crippen molar-refractivity contribution >= 4 is 6.09 Å². The number of nitrogens with two attached hydrogens (primary N) is 1. The molecule has 9 heavy (non-hydrogen) atoms. The second-order valence-electron chi connectivity index (χ2n) is 1.97. The summed E-state index contributed by atoms with van der Waals surface area (Å²) >= 11 is 0. The van der Waals surface area contributed by atoms with Crippen LogP contribution in [0.1, 0.15) is 0 Å². The molecule has 4 nitrogen and oxygen atoms in total. The Morgan fingerprint density at radius 1 is 1.67 bits per heavy atom. The number of likely N-dealkylation sites (N-methyl/N-ethyl adjacent to an activating group) is 1. The second kappa shape index (κ2) is 4.14. The van der Waals surface area contributed by atoms with Gasteiger partial charge in [-0.25, -0.2) is 4.79 Å². The van der Waals surface area contributed by atoms with Gasteiger partial charge in [-0.2, -0.15) is 0 Å². The molecule has 0 saturated heterocycles. The minimum Gasteiger partial charge on any atom is -0.448 e. The fourth-order valence-corrected chi connectivity index (χ4v) is 0.329. The van der Waals surface area contributed by atoms with Crippen LogP contribution in [-0.4, -0.2) is 38.2 Å². The number of hydrogen-bond donors (Lipinski definition) is 1. The molecular formula is C5H12N2O2. The fraction of sp³-hybridized carbons (Fsp3) is 0.800. The summed E-state index contributed by atoms with van der Waals surface area (Å²) in [4.78, 5) is 11.9. The van der Waals surface area contributed by atoms with E-state index in [0.29, 0.717) is 13.2 Å². The van der Waals surface area contributed by atoms with Crippen molar-refractivity contribution in [2.24, 2.45) is 5.73 Å². The lowest BCUT2D eigenvalue weighted by molar-refractivity contribution is 0.146. The zero-order valence-electron chi connectivity index (χ0n) is 5.76. The van der Waals surface area contributed by atoms with Gasteiger partial charge in [-0.3, -0.25) is 0 Å². The average molecular weight is 132 g/mol. The van der Waals surface area contributed by atoms with E-state index < -0.39 is 6.09 Å². The molecule has 0 aromatic heterocycles. The maximum Gasteiger partial charge on any atom is 0.404 e. The van der Waals surface area contributed by atoms with E-state index in [0.717, 1.165) is 0 Å². The lowest BCUT2D eigenvalue weighted by Gasteiger charge is -2.07. The van der Waals surface area contributed by atoms with Crippen LogP contribution >= 0.6 is 0 Å². The smallest absolute Gasteiger partial charge is 0.404 e. The van der Waals surface area contributed by atoms with Crippen LogP contribution in [0.3, 0.4) is 0 Å². The van der Waals surface area contributed by atoms with Crippen LogP contribution in [0.2, 0.25) is 0 Å². The van der Waals surface area contributed by atoms with Crippen LogP contribution in [0, 0.1) is 0 Å². The molecule has 0 radical (unpaired) electrons. The molecule has 0 aromatic carbocycles. The first-order valence-corrected chi connectivity index (χ1v) is 2.70. The van der Waals surface area contributed by atoms with Gasteiger partial charge in [-0.05, 0) is 14.1 Å². The average Bonchev–Trinajstić information content (AvgIpc) is 1.63. The van der Waals surface area contributed by atoms with Gasteiger partial charge in [0.05, 0.1) is 0 Å². The summed E-state index contributed by atoms with van der Waals surface area (Å²) in [6.45, 7) is 1.07. The summed E-state index contributed by atoms with van der Waals surface area (Å²) in [5.74, 6) is 0. The SMILES string of the molecule is CN(C)CCOC(N)=O. The molecule has 0 aromatic rings. The standard InChI is InChI=1S/C5H12N2O2/c1-7(2)3-4-9-5(6)8/h3-4H2,1-2H3,(H2,6,8). The van der Waals surface area contributed by atoms with E-state index in [1.165, 1.54) is 0 Å². The Hall–Kier alpha value is -0.770. The van der Waals surface area contributed by atoms with Crippen molar-refractivity contribution in [3.8, 4) is 0 Å². The molecule has 0 spiro atoms. The molecule has 0 aliphatic carbocycles. The Labute approximate surface area is 54.6 Å². The molecule has 0 saturated carbocycles. The number of carbonyl (C=O) groups is 1. The van der Waals surface area contributed by atoms with E-state index in [4.69, 9.17) is 5.73 Å². The highest BCUT2D eigenvalue weighted by molar-refractivity contribution is 5.64. The van der Waals surface area contributed by atoms with Gasteiger partial charge in [0.2, 0.25) is 0 Å². The molecule has 0 unspecified atom stereocenters. The highest BCUT2D eigenvalue weighted by Crippen LogP contribution is 1.76. The normalized spacial score (nSPS) is 9.67. The van der Waals surface area contributed by atoms with E-state index in [-0.39, 0.29) is 0 Å². The largest absolute Gasteiger partial charge is 0.448 e. The number of carbonyl (C=O) groups excluding carboxylic acids is 1. The van der Waals surface area contributed by atoms with E-state index in [2.05, 4.69) is 4.74 Å². The molecule has 0 bridgehead atoms. The van der Waals surface area contributed by atoms with E-state index in [1.54, 1.807) is 0 Å². The summed E-state index contributed by atoms with van der Waals surface area (Å²) in [6, 6.07) is 0. The van der Waals surface area contributed by atoms with Crippen LogP contribution in [0.25, 0.3) is 0 Å². The monoisotopic (exact) mass is 132 g/mol. The maximum atomic E-state index is 9.96. The summed E-state index contributed by atoms with van der Waals surface area (Å²) in [6.07, 6.45) is -0.711. The molecule has 0 atom stereocenters. The van der Waals surface area contributed by atoms with Gasteiger partial charge < -0.3 is 15.4 Å². The molecule has 0 rings (SSSR count). The van der Waals surface area contributed by atoms with E-state index in [9.17, 15) is 4.79 Å². The first-order valence-electron chi connectivity index (χ1n) is 2.70. The molecule has 2 N–H and O–H groups in total. The lowest BCUT2D eigenvalue weighted by atomic mass is 10.6. The third-order valence-electron chi connectivity index (χ3n) is 0.783. The van der Waals surface area contributed by atoms with Gasteiger partial charge in [0.25, 0.3) is 0 Å². The Bertz CT molecular complexity index is 93.0. The third kappa shape index (κ3) is 7.23. The van der Waals surface area contributed by atoms with Crippen molar-refractivity contribution in [3.05, 3.63) is 0 Å². The van der Waals surface area contributed by atoms with Crippen LogP contribution in [0.4, 0.5) is 4.79 Å². The van der Waals surface area contributed by atoms with Gasteiger partial charge in [-0.15, -0.1) is 0 Å². The van der Waals surface area contributed by atoms with Crippen LogP contribution < -0.4 is 5.73 Å². The summed E-state index contributed by atoms with van der Waals surface area (Å²) < 4.78 is 4.45. The molecule has 0 heterocycles. The summed E-state index contributed by atoms with van der Waals surface area (Å²) in [7, 11) is 3.79. The Morgan fingerprint density at radius 2 is 2.22 bits per heavy atom. The molecule has 1 amide bonds. The Morgan fingerprint density at radius 3 is 2.56 bits per heavy atom. The molecule has 4 heteroatoms. The lowest BCUT2D eigenvalue weighted by Crippen LogP contribution is -2.22. The predicted octanol–water partition coefficient (Wildman–Crippen LogP) is -0.357. The third-order valence-corrected chi connectivity index (χ3v) is 0.783. The van der Waals surface area contributed by atoms with Crippen molar-refractivity contribution in [3.63, 3.8) is 0 Å². The predicted molar refractivity (Wildman–Crippen MR) is 34.1 cm³/mol. The summed E-state index contributed by atoms with van der Waals surface area (Å²) in [5, 5.41) is 0. The fourth-order valence-electron chi connectivity index (χ4n) is 0.329. The van der Waals surface area contributed by atoms with Crippen LogP contribution in [0.15, 0.2) is 0 Å². The van der Waals surface area contributed by atoms with Crippen molar-refractivity contribution in [2.75, 3.05) is 27.2 Å². The molecule has 54 valence electrons. The first-order chi connectivity index (χ1) is 4.13. The maximum absolute atomic E-state index is 9.96. The summed E-state index contributed by atoms with van der Waals surface area (Å²) in [5.41, 5.74) is 4.70. The van der Waals surface area contributed by atoms with Crippen LogP contribution in [0.5, 0.6) is 0 Å². The van der Waals surface area contributed by atoms with Crippen molar-refractivity contribution in [2.45, 2.75) is 0 Å². The van der Waals surface area contributed by atoms with E-state index >= 15 is 0 Å². The highest BCUT2D eigenvalue weighted by Gasteiger charge is 1.92. The Kier molecular flexibility index (Phi) is 3.79. The molecule has 0 aliphatic rings. The second-order valence-corrected chi connectivity index (χ2v) is 1.97. The van der Waals surface area contributed by atoms with Gasteiger partial charge in [0, 0.05) is 6.54 Å². The van der Waals surface area contributed by atoms with Crippen molar-refractivity contribution in [1.82, 2.24) is 4.90 Å². The van der Waals surface area contributed by atoms with Crippen molar-refractivity contribution < 1.29 is 9.53 Å².